The molecule has 0 radical (unpaired) electrons. The average molecular weight is 326 g/mol. The number of hydrogen-bond donors (Lipinski definition) is 3. The van der Waals surface area contributed by atoms with Gasteiger partial charge in [-0.25, -0.2) is 0 Å². The lowest BCUT2D eigenvalue weighted by atomic mass is 10.1. The number of aliphatic hydroxyl groups excluding tert-OH is 1. The molecule has 1 aliphatic rings. The zero-order valence-corrected chi connectivity index (χ0v) is 13.4. The summed E-state index contributed by atoms with van der Waals surface area (Å²) in [6.45, 7) is 1.59. The third-order valence-corrected chi connectivity index (χ3v) is 4.11. The molecule has 5 heteroatoms. The molecule has 3 N–H and O–H groups in total. The van der Waals surface area contributed by atoms with Crippen LogP contribution in [0.5, 0.6) is 0 Å². The normalized spacial score (nSPS) is 16.4. The van der Waals surface area contributed by atoms with Crippen molar-refractivity contribution >= 4 is 17.3 Å². The number of nitrogens with one attached hydrogen (secondary N) is 2. The number of rotatable bonds is 5. The van der Waals surface area contributed by atoms with Crippen molar-refractivity contribution in [3.63, 3.8) is 0 Å². The number of amides is 1. The summed E-state index contributed by atoms with van der Waals surface area (Å²) in [4.78, 5) is 12.1. The monoisotopic (exact) mass is 326 g/mol. The molecule has 1 saturated heterocycles. The molecule has 1 unspecified atom stereocenters. The average Bonchev–Trinajstić information content (AvgIpc) is 2.64. The van der Waals surface area contributed by atoms with E-state index in [4.69, 9.17) is 4.74 Å². The second-order valence-electron chi connectivity index (χ2n) is 5.91. The number of aliphatic hydroxyl groups is 1. The van der Waals surface area contributed by atoms with Crippen LogP contribution in [0.2, 0.25) is 0 Å². The fraction of sp³-hybridized carbons (Fsp3) is 0.316. The molecular formula is C19H22N2O3. The molecule has 2 aromatic rings. The van der Waals surface area contributed by atoms with Crippen LogP contribution in [0.4, 0.5) is 11.4 Å². The van der Waals surface area contributed by atoms with Crippen molar-refractivity contribution in [2.45, 2.75) is 25.0 Å². The molecule has 2 aromatic carbocycles. The third-order valence-electron chi connectivity index (χ3n) is 4.11. The summed E-state index contributed by atoms with van der Waals surface area (Å²) < 4.78 is 5.35. The van der Waals surface area contributed by atoms with Crippen molar-refractivity contribution in [1.82, 2.24) is 0 Å². The lowest BCUT2D eigenvalue weighted by Crippen LogP contribution is -2.27. The zero-order chi connectivity index (χ0) is 16.8. The lowest BCUT2D eigenvalue weighted by Gasteiger charge is -2.24. The van der Waals surface area contributed by atoms with Crippen molar-refractivity contribution in [1.29, 1.82) is 0 Å². The lowest BCUT2D eigenvalue weighted by molar-refractivity contribution is -0.124. The Morgan fingerprint density at radius 2 is 1.62 bits per heavy atom. The van der Waals surface area contributed by atoms with Gasteiger partial charge in [-0.05, 0) is 42.7 Å². The smallest absolute Gasteiger partial charge is 0.257 e. The van der Waals surface area contributed by atoms with Gasteiger partial charge < -0.3 is 20.5 Å². The molecule has 0 aliphatic carbocycles. The summed E-state index contributed by atoms with van der Waals surface area (Å²) in [5.74, 6) is -0.439. The number of benzene rings is 2. The van der Waals surface area contributed by atoms with Crippen LogP contribution >= 0.6 is 0 Å². The number of ether oxygens (including phenoxy) is 1. The highest BCUT2D eigenvalue weighted by molar-refractivity contribution is 5.94. The molecule has 3 rings (SSSR count). The highest BCUT2D eigenvalue weighted by atomic mass is 16.5. The van der Waals surface area contributed by atoms with E-state index in [2.05, 4.69) is 10.6 Å². The fourth-order valence-electron chi connectivity index (χ4n) is 2.72. The molecule has 24 heavy (non-hydrogen) atoms. The van der Waals surface area contributed by atoms with Crippen LogP contribution in [0, 0.1) is 0 Å². The third kappa shape index (κ3) is 4.34. The minimum absolute atomic E-state index is 0.430. The highest BCUT2D eigenvalue weighted by Crippen LogP contribution is 2.19. The fourth-order valence-corrected chi connectivity index (χ4v) is 2.72. The van der Waals surface area contributed by atoms with E-state index in [0.29, 0.717) is 17.3 Å². The first kappa shape index (κ1) is 16.5. The summed E-state index contributed by atoms with van der Waals surface area (Å²) in [5.41, 5.74) is 2.25. The largest absolute Gasteiger partial charge is 0.382 e. The molecule has 0 spiro atoms. The van der Waals surface area contributed by atoms with Gasteiger partial charge in [0.1, 0.15) is 0 Å². The Bertz CT molecular complexity index is 652. The van der Waals surface area contributed by atoms with E-state index < -0.39 is 12.0 Å². The quantitative estimate of drug-likeness (QED) is 0.790. The Hall–Kier alpha value is -2.37. The van der Waals surface area contributed by atoms with Crippen LogP contribution in [0.1, 0.15) is 24.5 Å². The second kappa shape index (κ2) is 7.95. The standard InChI is InChI=1S/C19H22N2O3/c22-18(14-4-2-1-3-5-14)19(23)21-16-8-6-15(7-9-16)20-17-10-12-24-13-11-17/h1-9,17-18,20,22H,10-13H2,(H,21,23). The molecule has 0 saturated carbocycles. The van der Waals surface area contributed by atoms with Gasteiger partial charge in [0.05, 0.1) is 0 Å². The van der Waals surface area contributed by atoms with E-state index >= 15 is 0 Å². The van der Waals surface area contributed by atoms with Crippen molar-refractivity contribution in [3.8, 4) is 0 Å². The minimum Gasteiger partial charge on any atom is -0.382 e. The summed E-state index contributed by atoms with van der Waals surface area (Å²) in [6, 6.07) is 16.8. The Morgan fingerprint density at radius 3 is 2.29 bits per heavy atom. The minimum atomic E-state index is -1.17. The first-order valence-electron chi connectivity index (χ1n) is 8.20. The van der Waals surface area contributed by atoms with Gasteiger partial charge in [0.25, 0.3) is 5.91 Å². The van der Waals surface area contributed by atoms with Gasteiger partial charge in [-0.2, -0.15) is 0 Å². The van der Waals surface area contributed by atoms with Crippen molar-refractivity contribution in [2.75, 3.05) is 23.8 Å². The van der Waals surface area contributed by atoms with E-state index in [1.165, 1.54) is 0 Å². The SMILES string of the molecule is O=C(Nc1ccc(NC2CCOCC2)cc1)C(O)c1ccccc1. The van der Waals surface area contributed by atoms with Crippen molar-refractivity contribution < 1.29 is 14.6 Å². The molecule has 0 aromatic heterocycles. The zero-order valence-electron chi connectivity index (χ0n) is 13.4. The molecular weight excluding hydrogens is 304 g/mol. The Balaban J connectivity index is 1.56. The maximum absolute atomic E-state index is 12.1. The van der Waals surface area contributed by atoms with Gasteiger partial charge in [-0.3, -0.25) is 4.79 Å². The molecule has 1 amide bonds. The van der Waals surface area contributed by atoms with Gasteiger partial charge in [0.2, 0.25) is 0 Å². The first-order valence-corrected chi connectivity index (χ1v) is 8.20. The summed E-state index contributed by atoms with van der Waals surface area (Å²) >= 11 is 0. The van der Waals surface area contributed by atoms with Gasteiger partial charge >= 0.3 is 0 Å². The van der Waals surface area contributed by atoms with Crippen LogP contribution in [-0.2, 0) is 9.53 Å². The topological polar surface area (TPSA) is 70.6 Å². The van der Waals surface area contributed by atoms with Crippen LogP contribution in [-0.4, -0.2) is 30.3 Å². The maximum atomic E-state index is 12.1. The predicted molar refractivity (Wildman–Crippen MR) is 93.9 cm³/mol. The number of carbonyl (C=O) groups is 1. The number of anilines is 2. The summed E-state index contributed by atoms with van der Waals surface area (Å²) in [5, 5.41) is 16.3. The van der Waals surface area contributed by atoms with Crippen molar-refractivity contribution in [2.24, 2.45) is 0 Å². The van der Waals surface area contributed by atoms with Crippen molar-refractivity contribution in [3.05, 3.63) is 60.2 Å². The number of carbonyl (C=O) groups excluding carboxylic acids is 1. The molecule has 0 bridgehead atoms. The van der Waals surface area contributed by atoms with E-state index in [1.54, 1.807) is 24.3 Å². The van der Waals surface area contributed by atoms with Crippen LogP contribution in [0.25, 0.3) is 0 Å². The Morgan fingerprint density at radius 1 is 1.00 bits per heavy atom. The van der Waals surface area contributed by atoms with E-state index in [9.17, 15) is 9.90 Å². The molecule has 1 atom stereocenters. The first-order chi connectivity index (χ1) is 11.7. The van der Waals surface area contributed by atoms with Gasteiger partial charge in [-0.15, -0.1) is 0 Å². The molecule has 1 heterocycles. The number of hydrogen-bond acceptors (Lipinski definition) is 4. The van der Waals surface area contributed by atoms with E-state index in [0.717, 1.165) is 31.7 Å². The van der Waals surface area contributed by atoms with Crippen LogP contribution < -0.4 is 10.6 Å². The summed E-state index contributed by atoms with van der Waals surface area (Å²) in [7, 11) is 0. The highest BCUT2D eigenvalue weighted by Gasteiger charge is 2.17. The maximum Gasteiger partial charge on any atom is 0.257 e. The second-order valence-corrected chi connectivity index (χ2v) is 5.91. The molecule has 1 fully saturated rings. The van der Waals surface area contributed by atoms with Crippen LogP contribution in [0.3, 0.4) is 0 Å². The van der Waals surface area contributed by atoms with E-state index in [1.807, 2.05) is 30.3 Å². The summed E-state index contributed by atoms with van der Waals surface area (Å²) in [6.07, 6.45) is 0.829. The predicted octanol–water partition coefficient (Wildman–Crippen LogP) is 2.95. The van der Waals surface area contributed by atoms with Crippen LogP contribution in [0.15, 0.2) is 54.6 Å². The Labute approximate surface area is 141 Å². The molecule has 5 nitrogen and oxygen atoms in total. The molecule has 126 valence electrons. The van der Waals surface area contributed by atoms with Gasteiger partial charge in [0, 0.05) is 30.6 Å². The Kier molecular flexibility index (Phi) is 5.46. The van der Waals surface area contributed by atoms with Gasteiger partial charge in [0.15, 0.2) is 6.10 Å². The molecule has 1 aliphatic heterocycles. The van der Waals surface area contributed by atoms with Gasteiger partial charge in [-0.1, -0.05) is 30.3 Å². The van der Waals surface area contributed by atoms with E-state index in [-0.39, 0.29) is 0 Å².